The minimum absolute atomic E-state index is 0.0506. The van der Waals surface area contributed by atoms with Crippen LogP contribution in [0.3, 0.4) is 0 Å². The Balaban J connectivity index is 1.83. The summed E-state index contributed by atoms with van der Waals surface area (Å²) in [6, 6.07) is 1.71. The maximum Gasteiger partial charge on any atom is 0.345 e. The molecule has 94 valence electrons. The molecule has 2 amide bonds. The zero-order valence-electron chi connectivity index (χ0n) is 9.90. The maximum absolute atomic E-state index is 12.0. The second-order valence-corrected chi connectivity index (χ2v) is 4.25. The molecule has 6 heteroatoms. The Morgan fingerprint density at radius 3 is 3.22 bits per heavy atom. The number of fused-ring (bicyclic) bond motifs is 2. The molecular weight excluding hydrogens is 232 g/mol. The van der Waals surface area contributed by atoms with Crippen LogP contribution in [0.15, 0.2) is 37.2 Å². The van der Waals surface area contributed by atoms with E-state index in [9.17, 15) is 4.79 Å². The lowest BCUT2D eigenvalue weighted by molar-refractivity contribution is -0.107. The van der Waals surface area contributed by atoms with E-state index in [1.165, 1.54) is 5.06 Å². The first kappa shape index (κ1) is 11.0. The van der Waals surface area contributed by atoms with Gasteiger partial charge in [-0.05, 0) is 12.1 Å². The van der Waals surface area contributed by atoms with E-state index in [1.807, 2.05) is 18.3 Å². The smallest absolute Gasteiger partial charge is 0.314 e. The fourth-order valence-corrected chi connectivity index (χ4v) is 2.25. The van der Waals surface area contributed by atoms with Gasteiger partial charge in [-0.15, -0.1) is 6.58 Å². The largest absolute Gasteiger partial charge is 0.345 e. The Morgan fingerprint density at radius 1 is 1.61 bits per heavy atom. The summed E-state index contributed by atoms with van der Waals surface area (Å²) in [7, 11) is 0. The van der Waals surface area contributed by atoms with E-state index in [-0.39, 0.29) is 12.1 Å². The van der Waals surface area contributed by atoms with Crippen LogP contribution in [-0.4, -0.2) is 51.5 Å². The molecule has 1 fully saturated rings. The van der Waals surface area contributed by atoms with Gasteiger partial charge in [-0.1, -0.05) is 6.08 Å². The number of amides is 2. The number of nitrogens with zero attached hydrogens (tertiary/aromatic N) is 4. The highest BCUT2D eigenvalue weighted by molar-refractivity contribution is 5.80. The summed E-state index contributed by atoms with van der Waals surface area (Å²) < 4.78 is 1.78. The molecule has 0 aliphatic carbocycles. The highest BCUT2D eigenvalue weighted by Crippen LogP contribution is 2.26. The SMILES string of the molecule is C=CCON1C(=O)N2CC(n3cccn3)=CC1C2. The van der Waals surface area contributed by atoms with E-state index in [4.69, 9.17) is 4.84 Å². The Kier molecular flexibility index (Phi) is 2.64. The van der Waals surface area contributed by atoms with Gasteiger partial charge in [0.1, 0.15) is 0 Å². The second-order valence-electron chi connectivity index (χ2n) is 4.25. The monoisotopic (exact) mass is 246 g/mol. The lowest BCUT2D eigenvalue weighted by Crippen LogP contribution is -2.33. The third kappa shape index (κ3) is 1.70. The molecule has 0 radical (unpaired) electrons. The van der Waals surface area contributed by atoms with Crippen molar-refractivity contribution in [1.29, 1.82) is 0 Å². The van der Waals surface area contributed by atoms with Gasteiger partial charge >= 0.3 is 6.03 Å². The second kappa shape index (κ2) is 4.30. The molecular formula is C12H14N4O2. The summed E-state index contributed by atoms with van der Waals surface area (Å²) in [4.78, 5) is 19.2. The zero-order valence-corrected chi connectivity index (χ0v) is 9.90. The van der Waals surface area contributed by atoms with Gasteiger partial charge < -0.3 is 4.90 Å². The summed E-state index contributed by atoms with van der Waals surface area (Å²) in [6.45, 7) is 5.14. The Hall–Kier alpha value is -2.08. The predicted molar refractivity (Wildman–Crippen MR) is 65.2 cm³/mol. The van der Waals surface area contributed by atoms with Gasteiger partial charge in [0, 0.05) is 18.9 Å². The van der Waals surface area contributed by atoms with Gasteiger partial charge in [-0.2, -0.15) is 10.2 Å². The summed E-state index contributed by atoms with van der Waals surface area (Å²) in [5, 5.41) is 5.60. The third-order valence-corrected chi connectivity index (χ3v) is 3.04. The first-order valence-electron chi connectivity index (χ1n) is 5.82. The van der Waals surface area contributed by atoms with Crippen LogP contribution in [0, 0.1) is 0 Å². The van der Waals surface area contributed by atoms with Crippen molar-refractivity contribution < 1.29 is 9.63 Å². The molecule has 0 saturated carbocycles. The molecule has 0 spiro atoms. The number of hydroxylamine groups is 2. The van der Waals surface area contributed by atoms with Crippen LogP contribution in [0.25, 0.3) is 5.70 Å². The van der Waals surface area contributed by atoms with Gasteiger partial charge in [0.15, 0.2) is 0 Å². The molecule has 0 aromatic carbocycles. The maximum atomic E-state index is 12.0. The van der Waals surface area contributed by atoms with Crippen molar-refractivity contribution in [2.45, 2.75) is 6.04 Å². The number of carbonyl (C=O) groups excluding carboxylic acids is 1. The summed E-state index contributed by atoms with van der Waals surface area (Å²) in [6.07, 6.45) is 7.25. The van der Waals surface area contributed by atoms with Gasteiger partial charge in [-0.3, -0.25) is 4.84 Å². The van der Waals surface area contributed by atoms with Crippen molar-refractivity contribution in [3.63, 3.8) is 0 Å². The Labute approximate surface area is 105 Å². The summed E-state index contributed by atoms with van der Waals surface area (Å²) in [5.41, 5.74) is 0.995. The van der Waals surface area contributed by atoms with Gasteiger partial charge in [0.05, 0.1) is 24.9 Å². The van der Waals surface area contributed by atoms with E-state index < -0.39 is 0 Å². The number of hydrogen-bond acceptors (Lipinski definition) is 3. The van der Waals surface area contributed by atoms with E-state index in [0.717, 1.165) is 5.70 Å². The fourth-order valence-electron chi connectivity index (χ4n) is 2.25. The minimum atomic E-state index is -0.0970. The predicted octanol–water partition coefficient (Wildman–Crippen LogP) is 0.961. The molecule has 1 unspecified atom stereocenters. The summed E-state index contributed by atoms with van der Waals surface area (Å²) >= 11 is 0. The highest BCUT2D eigenvalue weighted by Gasteiger charge is 2.41. The van der Waals surface area contributed by atoms with Crippen molar-refractivity contribution in [3.05, 3.63) is 37.2 Å². The normalized spacial score (nSPS) is 22.3. The molecule has 2 aliphatic rings. The highest BCUT2D eigenvalue weighted by atomic mass is 16.7. The van der Waals surface area contributed by atoms with Crippen molar-refractivity contribution in [2.75, 3.05) is 19.7 Å². The van der Waals surface area contributed by atoms with Gasteiger partial charge in [0.2, 0.25) is 0 Å². The van der Waals surface area contributed by atoms with E-state index >= 15 is 0 Å². The van der Waals surface area contributed by atoms with Crippen LogP contribution >= 0.6 is 0 Å². The molecule has 18 heavy (non-hydrogen) atoms. The quantitative estimate of drug-likeness (QED) is 0.744. The number of urea groups is 1. The first-order valence-corrected chi connectivity index (χ1v) is 5.82. The molecule has 3 heterocycles. The third-order valence-electron chi connectivity index (χ3n) is 3.04. The molecule has 1 saturated heterocycles. The molecule has 1 aromatic heterocycles. The van der Waals surface area contributed by atoms with Crippen LogP contribution in [0.2, 0.25) is 0 Å². The van der Waals surface area contributed by atoms with E-state index in [1.54, 1.807) is 21.9 Å². The average Bonchev–Trinajstić information content (AvgIpc) is 2.98. The van der Waals surface area contributed by atoms with Crippen molar-refractivity contribution in [2.24, 2.45) is 0 Å². The average molecular weight is 246 g/mol. The molecule has 1 aromatic rings. The van der Waals surface area contributed by atoms with Crippen molar-refractivity contribution in [1.82, 2.24) is 19.7 Å². The van der Waals surface area contributed by atoms with E-state index in [2.05, 4.69) is 11.7 Å². The van der Waals surface area contributed by atoms with Crippen molar-refractivity contribution in [3.8, 4) is 0 Å². The Bertz CT molecular complexity index is 494. The van der Waals surface area contributed by atoms with Crippen LogP contribution in [0.4, 0.5) is 4.79 Å². The van der Waals surface area contributed by atoms with Crippen LogP contribution in [0.5, 0.6) is 0 Å². The minimum Gasteiger partial charge on any atom is -0.314 e. The lowest BCUT2D eigenvalue weighted by atomic mass is 10.2. The zero-order chi connectivity index (χ0) is 12.5. The molecule has 6 nitrogen and oxygen atoms in total. The summed E-state index contributed by atoms with van der Waals surface area (Å²) in [5.74, 6) is 0. The Morgan fingerprint density at radius 2 is 2.50 bits per heavy atom. The fraction of sp³-hybridized carbons (Fsp3) is 0.333. The molecule has 2 aliphatic heterocycles. The van der Waals surface area contributed by atoms with Crippen molar-refractivity contribution >= 4 is 11.7 Å². The molecule has 1 atom stereocenters. The number of carbonyl (C=O) groups is 1. The van der Waals surface area contributed by atoms with Crippen LogP contribution in [0.1, 0.15) is 0 Å². The van der Waals surface area contributed by atoms with Crippen LogP contribution < -0.4 is 0 Å². The van der Waals surface area contributed by atoms with Gasteiger partial charge in [-0.25, -0.2) is 9.48 Å². The van der Waals surface area contributed by atoms with Crippen LogP contribution in [-0.2, 0) is 4.84 Å². The number of hydrogen-bond donors (Lipinski definition) is 0. The number of aromatic nitrogens is 2. The first-order chi connectivity index (χ1) is 8.79. The number of rotatable bonds is 4. The topological polar surface area (TPSA) is 50.6 Å². The molecule has 2 bridgehead atoms. The van der Waals surface area contributed by atoms with E-state index in [0.29, 0.717) is 19.7 Å². The standard InChI is InChI=1S/C12H14N4O2/c1-2-6-18-16-11-7-10(15-5-3-4-13-15)8-14(9-11)12(16)17/h2-5,7,11H,1,6,8-9H2. The lowest BCUT2D eigenvalue weighted by Gasteiger charge is -2.21. The van der Waals surface area contributed by atoms with Gasteiger partial charge in [0.25, 0.3) is 0 Å². The molecule has 0 N–H and O–H groups in total. The molecule has 3 rings (SSSR count).